The zero-order valence-corrected chi connectivity index (χ0v) is 10.9. The molecule has 2 atom stereocenters. The van der Waals surface area contributed by atoms with Crippen molar-refractivity contribution in [1.29, 1.82) is 0 Å². The molecule has 2 aliphatic rings. The number of rotatable bonds is 1. The second-order valence-corrected chi connectivity index (χ2v) is 5.82. The highest BCUT2D eigenvalue weighted by Crippen LogP contribution is 2.41. The third-order valence-corrected chi connectivity index (χ3v) is 3.76. The van der Waals surface area contributed by atoms with Crippen LogP contribution in [-0.4, -0.2) is 0 Å². The first-order valence-electron chi connectivity index (χ1n) is 5.53. The Morgan fingerprint density at radius 3 is 2.80 bits per heavy atom. The highest BCUT2D eigenvalue weighted by atomic mass is 79.9. The molecule has 0 aromatic rings. The smallest absolute Gasteiger partial charge is 0.0138 e. The van der Waals surface area contributed by atoms with Gasteiger partial charge in [-0.05, 0) is 34.9 Å². The van der Waals surface area contributed by atoms with Crippen molar-refractivity contribution in [3.63, 3.8) is 0 Å². The van der Waals surface area contributed by atoms with Gasteiger partial charge in [-0.3, -0.25) is 0 Å². The fraction of sp³-hybridized carbons (Fsp3) is 0.429. The number of halogens is 1. The van der Waals surface area contributed by atoms with Gasteiger partial charge in [0.05, 0.1) is 0 Å². The maximum absolute atomic E-state index is 3.64. The predicted molar refractivity (Wildman–Crippen MR) is 69.9 cm³/mol. The topological polar surface area (TPSA) is 0 Å². The lowest BCUT2D eigenvalue weighted by Gasteiger charge is -2.31. The third-order valence-electron chi connectivity index (χ3n) is 3.21. The zero-order valence-electron chi connectivity index (χ0n) is 9.33. The van der Waals surface area contributed by atoms with Gasteiger partial charge in [0.1, 0.15) is 0 Å². The number of allylic oxidation sites excluding steroid dienone is 8. The molecule has 0 bridgehead atoms. The summed E-state index contributed by atoms with van der Waals surface area (Å²) in [6.45, 7) is 4.59. The van der Waals surface area contributed by atoms with Gasteiger partial charge in [0.2, 0.25) is 0 Å². The van der Waals surface area contributed by atoms with Crippen molar-refractivity contribution in [1.82, 2.24) is 0 Å². The summed E-state index contributed by atoms with van der Waals surface area (Å²) in [4.78, 5) is 0. The maximum Gasteiger partial charge on any atom is 0.0138 e. The molecule has 0 spiro atoms. The van der Waals surface area contributed by atoms with Crippen LogP contribution in [0.25, 0.3) is 0 Å². The molecule has 0 radical (unpaired) electrons. The first-order chi connectivity index (χ1) is 7.10. The SMILES string of the molecule is CC1C=C(C2(C)C=CC=CC2)C=C(Br)C1. The zero-order chi connectivity index (χ0) is 10.9. The molecule has 0 heterocycles. The van der Waals surface area contributed by atoms with E-state index < -0.39 is 0 Å². The Hall–Kier alpha value is -0.560. The van der Waals surface area contributed by atoms with E-state index in [4.69, 9.17) is 0 Å². The highest BCUT2D eigenvalue weighted by Gasteiger charge is 2.27. The van der Waals surface area contributed by atoms with E-state index in [1.807, 2.05) is 0 Å². The summed E-state index contributed by atoms with van der Waals surface area (Å²) < 4.78 is 1.33. The van der Waals surface area contributed by atoms with Gasteiger partial charge in [-0.25, -0.2) is 0 Å². The van der Waals surface area contributed by atoms with E-state index in [0.717, 1.165) is 12.8 Å². The Balaban J connectivity index is 2.30. The molecule has 0 saturated heterocycles. The average Bonchev–Trinajstić information content (AvgIpc) is 2.17. The molecule has 15 heavy (non-hydrogen) atoms. The largest absolute Gasteiger partial charge is 0.0834 e. The molecule has 80 valence electrons. The Morgan fingerprint density at radius 2 is 2.20 bits per heavy atom. The van der Waals surface area contributed by atoms with Crippen LogP contribution in [0.2, 0.25) is 0 Å². The standard InChI is InChI=1S/C14H17Br/c1-11-8-12(10-13(15)9-11)14(2)6-4-3-5-7-14/h3-6,8,10-11H,7,9H2,1-2H3. The van der Waals surface area contributed by atoms with Crippen LogP contribution in [0, 0.1) is 11.3 Å². The van der Waals surface area contributed by atoms with Crippen molar-refractivity contribution in [2.24, 2.45) is 11.3 Å². The minimum Gasteiger partial charge on any atom is -0.0834 e. The second kappa shape index (κ2) is 4.13. The summed E-state index contributed by atoms with van der Waals surface area (Å²) in [5.41, 5.74) is 1.65. The molecular formula is C14H17Br. The lowest BCUT2D eigenvalue weighted by molar-refractivity contribution is 0.516. The molecule has 0 aromatic carbocycles. The summed E-state index contributed by atoms with van der Waals surface area (Å²) in [6.07, 6.45) is 15.8. The minimum absolute atomic E-state index is 0.197. The molecule has 0 saturated carbocycles. The van der Waals surface area contributed by atoms with Gasteiger partial charge in [0.25, 0.3) is 0 Å². The van der Waals surface area contributed by atoms with Gasteiger partial charge in [-0.2, -0.15) is 0 Å². The Bertz CT molecular complexity index is 371. The average molecular weight is 265 g/mol. The van der Waals surface area contributed by atoms with Crippen LogP contribution in [0.4, 0.5) is 0 Å². The highest BCUT2D eigenvalue weighted by molar-refractivity contribution is 9.11. The van der Waals surface area contributed by atoms with Crippen molar-refractivity contribution in [2.75, 3.05) is 0 Å². The molecule has 0 N–H and O–H groups in total. The summed E-state index contributed by atoms with van der Waals surface area (Å²) in [5.74, 6) is 0.649. The quantitative estimate of drug-likeness (QED) is 0.641. The molecule has 0 amide bonds. The number of hydrogen-bond donors (Lipinski definition) is 0. The Labute approximate surface area is 101 Å². The fourth-order valence-corrected chi connectivity index (χ4v) is 3.00. The molecule has 0 aromatic heterocycles. The van der Waals surface area contributed by atoms with Crippen LogP contribution in [0.15, 0.2) is 46.5 Å². The first kappa shape index (κ1) is 10.9. The van der Waals surface area contributed by atoms with E-state index >= 15 is 0 Å². The molecule has 1 heteroatoms. The van der Waals surface area contributed by atoms with Gasteiger partial charge in [0.15, 0.2) is 0 Å². The molecule has 0 aliphatic heterocycles. The predicted octanol–water partition coefficient (Wildman–Crippen LogP) is 4.75. The van der Waals surface area contributed by atoms with Crippen LogP contribution in [0.5, 0.6) is 0 Å². The molecular weight excluding hydrogens is 248 g/mol. The second-order valence-electron chi connectivity index (χ2n) is 4.80. The molecule has 2 rings (SSSR count). The van der Waals surface area contributed by atoms with E-state index in [1.54, 1.807) is 0 Å². The van der Waals surface area contributed by atoms with Gasteiger partial charge in [-0.15, -0.1) is 0 Å². The van der Waals surface area contributed by atoms with Gasteiger partial charge < -0.3 is 0 Å². The van der Waals surface area contributed by atoms with E-state index in [2.05, 4.69) is 66.2 Å². The van der Waals surface area contributed by atoms with Crippen LogP contribution < -0.4 is 0 Å². The van der Waals surface area contributed by atoms with Gasteiger partial charge in [-0.1, -0.05) is 60.2 Å². The fourth-order valence-electron chi connectivity index (χ4n) is 2.25. The third kappa shape index (κ3) is 2.34. The molecule has 0 nitrogen and oxygen atoms in total. The summed E-state index contributed by atoms with van der Waals surface area (Å²) in [7, 11) is 0. The van der Waals surface area contributed by atoms with E-state index in [1.165, 1.54) is 10.1 Å². The van der Waals surface area contributed by atoms with Crippen LogP contribution >= 0.6 is 15.9 Å². The van der Waals surface area contributed by atoms with Crippen molar-refractivity contribution in [3.05, 3.63) is 46.5 Å². The lowest BCUT2D eigenvalue weighted by atomic mass is 9.74. The summed E-state index contributed by atoms with van der Waals surface area (Å²) in [5, 5.41) is 0. The number of hydrogen-bond acceptors (Lipinski definition) is 0. The van der Waals surface area contributed by atoms with Crippen molar-refractivity contribution in [3.8, 4) is 0 Å². The minimum atomic E-state index is 0.197. The van der Waals surface area contributed by atoms with Crippen LogP contribution in [-0.2, 0) is 0 Å². The van der Waals surface area contributed by atoms with Crippen molar-refractivity contribution >= 4 is 15.9 Å². The van der Waals surface area contributed by atoms with E-state index in [0.29, 0.717) is 5.92 Å². The monoisotopic (exact) mass is 264 g/mol. The van der Waals surface area contributed by atoms with Gasteiger partial charge >= 0.3 is 0 Å². The maximum atomic E-state index is 3.64. The normalized spacial score (nSPS) is 35.0. The summed E-state index contributed by atoms with van der Waals surface area (Å²) in [6, 6.07) is 0. The van der Waals surface area contributed by atoms with Crippen molar-refractivity contribution in [2.45, 2.75) is 26.7 Å². The van der Waals surface area contributed by atoms with E-state index in [-0.39, 0.29) is 5.41 Å². The van der Waals surface area contributed by atoms with Crippen LogP contribution in [0.3, 0.4) is 0 Å². The molecule has 2 aliphatic carbocycles. The first-order valence-corrected chi connectivity index (χ1v) is 6.32. The Morgan fingerprint density at radius 1 is 1.40 bits per heavy atom. The van der Waals surface area contributed by atoms with Crippen LogP contribution in [0.1, 0.15) is 26.7 Å². The van der Waals surface area contributed by atoms with Crippen molar-refractivity contribution < 1.29 is 0 Å². The van der Waals surface area contributed by atoms with Gasteiger partial charge in [0, 0.05) is 5.41 Å². The molecule has 2 unspecified atom stereocenters. The molecule has 0 fully saturated rings. The summed E-state index contributed by atoms with van der Waals surface area (Å²) >= 11 is 3.64. The van der Waals surface area contributed by atoms with E-state index in [9.17, 15) is 0 Å². The lowest BCUT2D eigenvalue weighted by Crippen LogP contribution is -2.18. The Kier molecular flexibility index (Phi) is 3.01.